The monoisotopic (exact) mass is 345 g/mol. The van der Waals surface area contributed by atoms with Gasteiger partial charge in [-0.15, -0.1) is 17.5 Å². The van der Waals surface area contributed by atoms with Gasteiger partial charge in [-0.25, -0.2) is 0 Å². The first-order chi connectivity index (χ1) is 11.2. The third kappa shape index (κ3) is 3.72. The number of rotatable bonds is 5. The molecule has 1 heterocycles. The Balaban J connectivity index is 0.00000208. The summed E-state index contributed by atoms with van der Waals surface area (Å²) < 4.78 is 1.61. The molecule has 3 aromatic rings. The van der Waals surface area contributed by atoms with Gasteiger partial charge in [-0.05, 0) is 29.3 Å². The van der Waals surface area contributed by atoms with Crippen LogP contribution in [0.2, 0.25) is 0 Å². The van der Waals surface area contributed by atoms with E-state index in [-0.39, 0.29) is 24.4 Å². The number of benzene rings is 2. The number of nitrogens with two attached hydrogens (primary N) is 1. The highest BCUT2D eigenvalue weighted by Gasteiger charge is 2.17. The van der Waals surface area contributed by atoms with Crippen molar-refractivity contribution in [3.8, 4) is 0 Å². The second-order valence-electron chi connectivity index (χ2n) is 5.33. The minimum atomic E-state index is -0.270. The van der Waals surface area contributed by atoms with Crippen LogP contribution in [0.15, 0.2) is 48.7 Å². The summed E-state index contributed by atoms with van der Waals surface area (Å²) in [6.07, 6.45) is 1.63. The van der Waals surface area contributed by atoms with Crippen LogP contribution in [-0.4, -0.2) is 27.4 Å². The van der Waals surface area contributed by atoms with Crippen LogP contribution in [0.25, 0.3) is 10.8 Å². The van der Waals surface area contributed by atoms with Crippen molar-refractivity contribution in [1.82, 2.24) is 20.3 Å². The van der Waals surface area contributed by atoms with Crippen molar-refractivity contribution in [2.45, 2.75) is 19.5 Å². The fraction of sp³-hybridized carbons (Fsp3) is 0.235. The highest BCUT2D eigenvalue weighted by molar-refractivity contribution is 5.92. The largest absolute Gasteiger partial charge is 0.343 e. The van der Waals surface area contributed by atoms with Crippen LogP contribution in [0, 0.1) is 0 Å². The smallest absolute Gasteiger partial charge is 0.273 e. The molecule has 2 aromatic carbocycles. The number of aryl methyl sites for hydroxylation is 1. The van der Waals surface area contributed by atoms with Gasteiger partial charge in [0, 0.05) is 13.1 Å². The molecule has 0 radical (unpaired) electrons. The maximum absolute atomic E-state index is 12.3. The van der Waals surface area contributed by atoms with Crippen molar-refractivity contribution >= 4 is 29.1 Å². The minimum Gasteiger partial charge on any atom is -0.343 e. The number of hydrogen-bond acceptors (Lipinski definition) is 4. The first-order valence-electron chi connectivity index (χ1n) is 7.61. The van der Waals surface area contributed by atoms with Crippen molar-refractivity contribution in [2.75, 3.05) is 6.54 Å². The summed E-state index contributed by atoms with van der Waals surface area (Å²) >= 11 is 0. The Kier molecular flexibility index (Phi) is 5.89. The maximum Gasteiger partial charge on any atom is 0.273 e. The number of nitrogens with one attached hydrogen (secondary N) is 1. The second kappa shape index (κ2) is 7.90. The number of hydrogen-bond donors (Lipinski definition) is 2. The number of amides is 1. The van der Waals surface area contributed by atoms with E-state index in [1.807, 2.05) is 37.3 Å². The van der Waals surface area contributed by atoms with Gasteiger partial charge in [0.1, 0.15) is 0 Å². The summed E-state index contributed by atoms with van der Waals surface area (Å²) in [5.74, 6) is -0.270. The first-order valence-corrected chi connectivity index (χ1v) is 7.61. The van der Waals surface area contributed by atoms with Gasteiger partial charge in [-0.2, -0.15) is 0 Å². The van der Waals surface area contributed by atoms with Crippen molar-refractivity contribution in [2.24, 2.45) is 5.73 Å². The first kappa shape index (κ1) is 17.9. The molecular weight excluding hydrogens is 326 g/mol. The molecule has 0 saturated carbocycles. The van der Waals surface area contributed by atoms with Gasteiger partial charge in [0.25, 0.3) is 5.91 Å². The van der Waals surface area contributed by atoms with E-state index in [2.05, 4.69) is 27.8 Å². The lowest BCUT2D eigenvalue weighted by Crippen LogP contribution is -2.33. The quantitative estimate of drug-likeness (QED) is 0.743. The highest BCUT2D eigenvalue weighted by atomic mass is 35.5. The minimum absolute atomic E-state index is 0. The topological polar surface area (TPSA) is 85.8 Å². The van der Waals surface area contributed by atoms with Crippen molar-refractivity contribution in [3.63, 3.8) is 0 Å². The Bertz CT molecular complexity index is 832. The standard InChI is InChI=1S/C17H19N5O.ClH/c1-2-22-11-16(20-21-22)17(23)19-15(10-18)14-8-7-12-5-3-4-6-13(12)9-14;/h3-9,11,15H,2,10,18H2,1H3,(H,19,23);1H. The summed E-state index contributed by atoms with van der Waals surface area (Å²) in [4.78, 5) is 12.3. The van der Waals surface area contributed by atoms with Gasteiger partial charge < -0.3 is 11.1 Å². The third-order valence-electron chi connectivity index (χ3n) is 3.81. The zero-order valence-corrected chi connectivity index (χ0v) is 14.2. The molecule has 126 valence electrons. The Morgan fingerprint density at radius 1 is 1.25 bits per heavy atom. The van der Waals surface area contributed by atoms with E-state index in [0.717, 1.165) is 16.3 Å². The molecule has 0 aliphatic heterocycles. The Labute approximate surface area is 146 Å². The zero-order valence-electron chi connectivity index (χ0n) is 13.3. The molecule has 0 bridgehead atoms. The average Bonchev–Trinajstić information content (AvgIpc) is 3.08. The van der Waals surface area contributed by atoms with E-state index < -0.39 is 0 Å². The lowest BCUT2D eigenvalue weighted by Gasteiger charge is -2.17. The Morgan fingerprint density at radius 2 is 2.00 bits per heavy atom. The number of carbonyl (C=O) groups excluding carboxylic acids is 1. The van der Waals surface area contributed by atoms with Gasteiger partial charge in [0.15, 0.2) is 5.69 Å². The molecule has 1 amide bonds. The normalized spacial score (nSPS) is 11.8. The number of nitrogens with zero attached hydrogens (tertiary/aromatic N) is 3. The summed E-state index contributed by atoms with van der Waals surface area (Å²) in [5.41, 5.74) is 7.12. The highest BCUT2D eigenvalue weighted by Crippen LogP contribution is 2.20. The van der Waals surface area contributed by atoms with Crippen molar-refractivity contribution in [3.05, 3.63) is 59.9 Å². The van der Waals surface area contributed by atoms with Crippen LogP contribution in [-0.2, 0) is 6.54 Å². The third-order valence-corrected chi connectivity index (χ3v) is 3.81. The molecule has 24 heavy (non-hydrogen) atoms. The van der Waals surface area contributed by atoms with Crippen LogP contribution in [0.3, 0.4) is 0 Å². The predicted molar refractivity (Wildman–Crippen MR) is 96.2 cm³/mol. The van der Waals surface area contributed by atoms with Crippen molar-refractivity contribution in [1.29, 1.82) is 0 Å². The molecular formula is C17H20ClN5O. The predicted octanol–water partition coefficient (Wildman–Crippen LogP) is 2.30. The molecule has 1 aromatic heterocycles. The molecule has 3 N–H and O–H groups in total. The number of fused-ring (bicyclic) bond motifs is 1. The fourth-order valence-corrected chi connectivity index (χ4v) is 2.49. The van der Waals surface area contributed by atoms with E-state index in [0.29, 0.717) is 18.8 Å². The molecule has 7 heteroatoms. The molecule has 0 aliphatic rings. The number of carbonyl (C=O) groups is 1. The van der Waals surface area contributed by atoms with Gasteiger partial charge in [0.2, 0.25) is 0 Å². The van der Waals surface area contributed by atoms with Crippen LogP contribution in [0.5, 0.6) is 0 Å². The van der Waals surface area contributed by atoms with E-state index in [9.17, 15) is 4.79 Å². The van der Waals surface area contributed by atoms with E-state index in [1.165, 1.54) is 0 Å². The van der Waals surface area contributed by atoms with Gasteiger partial charge in [-0.3, -0.25) is 9.48 Å². The van der Waals surface area contributed by atoms with Gasteiger partial charge in [-0.1, -0.05) is 41.6 Å². The van der Waals surface area contributed by atoms with Gasteiger partial charge >= 0.3 is 0 Å². The van der Waals surface area contributed by atoms with Crippen LogP contribution in [0.4, 0.5) is 0 Å². The van der Waals surface area contributed by atoms with Crippen LogP contribution >= 0.6 is 12.4 Å². The van der Waals surface area contributed by atoms with E-state index in [1.54, 1.807) is 10.9 Å². The maximum atomic E-state index is 12.3. The molecule has 6 nitrogen and oxygen atoms in total. The van der Waals surface area contributed by atoms with Crippen molar-refractivity contribution < 1.29 is 4.79 Å². The zero-order chi connectivity index (χ0) is 16.2. The molecule has 0 spiro atoms. The average molecular weight is 346 g/mol. The molecule has 3 rings (SSSR count). The molecule has 1 unspecified atom stereocenters. The number of aromatic nitrogens is 3. The van der Waals surface area contributed by atoms with Crippen LogP contribution < -0.4 is 11.1 Å². The van der Waals surface area contributed by atoms with E-state index >= 15 is 0 Å². The lowest BCUT2D eigenvalue weighted by molar-refractivity contribution is 0.0932. The fourth-order valence-electron chi connectivity index (χ4n) is 2.49. The molecule has 1 atom stereocenters. The summed E-state index contributed by atoms with van der Waals surface area (Å²) in [6, 6.07) is 13.9. The van der Waals surface area contributed by atoms with Gasteiger partial charge in [0.05, 0.1) is 12.2 Å². The summed E-state index contributed by atoms with van der Waals surface area (Å²) in [5, 5.41) is 13.0. The summed E-state index contributed by atoms with van der Waals surface area (Å²) in [6.45, 7) is 2.92. The van der Waals surface area contributed by atoms with Crippen LogP contribution in [0.1, 0.15) is 29.0 Å². The molecule has 0 fully saturated rings. The Hall–Kier alpha value is -2.44. The van der Waals surface area contributed by atoms with E-state index in [4.69, 9.17) is 5.73 Å². The summed E-state index contributed by atoms with van der Waals surface area (Å²) in [7, 11) is 0. The molecule has 0 aliphatic carbocycles. The molecule has 0 saturated heterocycles. The lowest BCUT2D eigenvalue weighted by atomic mass is 10.0. The second-order valence-corrected chi connectivity index (χ2v) is 5.33. The Morgan fingerprint density at radius 3 is 2.67 bits per heavy atom. The number of halogens is 1. The SMILES string of the molecule is CCn1cc(C(=O)NC(CN)c2ccc3ccccc3c2)nn1.Cl.